The van der Waals surface area contributed by atoms with Gasteiger partial charge in [-0.15, -0.1) is 0 Å². The number of hydrogen-bond donors (Lipinski definition) is 0. The van der Waals surface area contributed by atoms with Crippen LogP contribution in [0.15, 0.2) is 24.3 Å². The number of benzene rings is 1. The first-order valence-corrected chi connectivity index (χ1v) is 3.20. The molecule has 1 aromatic rings. The lowest BCUT2D eigenvalue weighted by atomic mass is 10.2. The van der Waals surface area contributed by atoms with Gasteiger partial charge in [-0.05, 0) is 6.07 Å². The summed E-state index contributed by atoms with van der Waals surface area (Å²) in [6.07, 6.45) is 0. The average Bonchev–Trinajstić information content (AvgIpc) is 1.88. The molecule has 53 valence electrons. The van der Waals surface area contributed by atoms with Crippen molar-refractivity contribution in [3.63, 3.8) is 0 Å². The molecule has 0 aliphatic carbocycles. The molecule has 0 aliphatic heterocycles. The molecule has 0 amide bonds. The standard InChI is InChI=1S/C7H5ClFO/c8-7(10)5-3-1-2-4-6(5)9/h1-4,7H. The molecule has 1 atom stereocenters. The van der Waals surface area contributed by atoms with Gasteiger partial charge in [0.2, 0.25) is 0 Å². The van der Waals surface area contributed by atoms with Gasteiger partial charge in [0, 0.05) is 5.56 Å². The van der Waals surface area contributed by atoms with Crippen LogP contribution < -0.4 is 0 Å². The highest BCUT2D eigenvalue weighted by molar-refractivity contribution is 6.19. The second-order valence-corrected chi connectivity index (χ2v) is 2.23. The maximum Gasteiger partial charge on any atom is 0.194 e. The molecule has 0 fully saturated rings. The second-order valence-electron chi connectivity index (χ2n) is 1.84. The van der Waals surface area contributed by atoms with Crippen molar-refractivity contribution in [3.05, 3.63) is 35.6 Å². The van der Waals surface area contributed by atoms with Crippen molar-refractivity contribution in [1.82, 2.24) is 0 Å². The van der Waals surface area contributed by atoms with Crippen LogP contribution in [0.2, 0.25) is 0 Å². The number of alkyl halides is 1. The van der Waals surface area contributed by atoms with Crippen LogP contribution in [-0.4, -0.2) is 0 Å². The fraction of sp³-hybridized carbons (Fsp3) is 0.143. The fourth-order valence-electron chi connectivity index (χ4n) is 0.659. The summed E-state index contributed by atoms with van der Waals surface area (Å²) in [5.74, 6) is -0.544. The molecule has 1 unspecified atom stereocenters. The molecule has 0 saturated heterocycles. The summed E-state index contributed by atoms with van der Waals surface area (Å²) in [5, 5.41) is 10.5. The maximum absolute atomic E-state index is 12.6. The molecule has 1 aromatic carbocycles. The lowest BCUT2D eigenvalue weighted by molar-refractivity contribution is 0.157. The number of hydrogen-bond acceptors (Lipinski definition) is 0. The van der Waals surface area contributed by atoms with E-state index in [9.17, 15) is 9.50 Å². The molecule has 0 bridgehead atoms. The van der Waals surface area contributed by atoms with Crippen LogP contribution in [0.4, 0.5) is 4.39 Å². The van der Waals surface area contributed by atoms with Crippen LogP contribution in [-0.2, 0) is 5.11 Å². The lowest BCUT2D eigenvalue weighted by Crippen LogP contribution is -1.89. The van der Waals surface area contributed by atoms with E-state index in [1.54, 1.807) is 6.07 Å². The third-order valence-electron chi connectivity index (χ3n) is 1.15. The topological polar surface area (TPSA) is 19.9 Å². The Bertz CT molecular complexity index is 225. The van der Waals surface area contributed by atoms with Crippen LogP contribution in [0.3, 0.4) is 0 Å². The molecule has 1 radical (unpaired) electrons. The Morgan fingerprint density at radius 1 is 1.40 bits per heavy atom. The summed E-state index contributed by atoms with van der Waals surface area (Å²) < 4.78 is 12.6. The number of rotatable bonds is 1. The first kappa shape index (κ1) is 7.51. The molecular formula is C7H5ClFO. The smallest absolute Gasteiger partial charge is 0.194 e. The molecule has 10 heavy (non-hydrogen) atoms. The summed E-state index contributed by atoms with van der Waals surface area (Å²) >= 11 is 5.11. The zero-order valence-corrected chi connectivity index (χ0v) is 5.81. The fourth-order valence-corrected chi connectivity index (χ4v) is 0.836. The van der Waals surface area contributed by atoms with Crippen LogP contribution in [0, 0.1) is 5.82 Å². The van der Waals surface area contributed by atoms with Gasteiger partial charge in [-0.2, -0.15) is 0 Å². The summed E-state index contributed by atoms with van der Waals surface area (Å²) in [4.78, 5) is 0. The summed E-state index contributed by atoms with van der Waals surface area (Å²) in [6, 6.07) is 5.67. The quantitative estimate of drug-likeness (QED) is 0.561. The van der Waals surface area contributed by atoms with E-state index in [-0.39, 0.29) is 5.56 Å². The van der Waals surface area contributed by atoms with Crippen molar-refractivity contribution in [2.45, 2.75) is 5.56 Å². The molecule has 1 rings (SSSR count). The van der Waals surface area contributed by atoms with Gasteiger partial charge in [-0.25, -0.2) is 9.50 Å². The Morgan fingerprint density at radius 2 is 2.00 bits per heavy atom. The molecule has 0 saturated carbocycles. The molecule has 0 N–H and O–H groups in total. The van der Waals surface area contributed by atoms with Crippen molar-refractivity contribution in [2.24, 2.45) is 0 Å². The van der Waals surface area contributed by atoms with Gasteiger partial charge >= 0.3 is 0 Å². The van der Waals surface area contributed by atoms with Crippen molar-refractivity contribution in [2.75, 3.05) is 0 Å². The summed E-state index contributed by atoms with van der Waals surface area (Å²) in [5.41, 5.74) is -1.50. The Balaban J connectivity index is 3.03. The monoisotopic (exact) mass is 159 g/mol. The van der Waals surface area contributed by atoms with Gasteiger partial charge in [0.05, 0.1) is 0 Å². The van der Waals surface area contributed by atoms with Gasteiger partial charge in [0.25, 0.3) is 0 Å². The summed E-state index contributed by atoms with van der Waals surface area (Å²) in [7, 11) is 0. The predicted molar refractivity (Wildman–Crippen MR) is 35.7 cm³/mol. The summed E-state index contributed by atoms with van der Waals surface area (Å²) in [6.45, 7) is 0. The van der Waals surface area contributed by atoms with E-state index in [4.69, 9.17) is 11.6 Å². The van der Waals surface area contributed by atoms with Crippen LogP contribution in [0.1, 0.15) is 11.1 Å². The van der Waals surface area contributed by atoms with E-state index < -0.39 is 11.4 Å². The predicted octanol–water partition coefficient (Wildman–Crippen LogP) is 2.49. The van der Waals surface area contributed by atoms with E-state index >= 15 is 0 Å². The van der Waals surface area contributed by atoms with Crippen LogP contribution in [0.25, 0.3) is 0 Å². The Hall–Kier alpha value is -0.600. The first-order valence-electron chi connectivity index (χ1n) is 2.76. The SMILES string of the molecule is [O]C(Cl)c1ccccc1F. The normalized spacial score (nSPS) is 13.1. The minimum absolute atomic E-state index is 0.00386. The Morgan fingerprint density at radius 3 is 2.40 bits per heavy atom. The van der Waals surface area contributed by atoms with Crippen LogP contribution >= 0.6 is 11.6 Å². The van der Waals surface area contributed by atoms with E-state index in [1.807, 2.05) is 0 Å². The van der Waals surface area contributed by atoms with Crippen molar-refractivity contribution >= 4 is 11.6 Å². The molecule has 0 aromatic heterocycles. The highest BCUT2D eigenvalue weighted by atomic mass is 35.5. The average molecular weight is 160 g/mol. The first-order chi connectivity index (χ1) is 4.72. The van der Waals surface area contributed by atoms with E-state index in [1.165, 1.54) is 18.2 Å². The molecular weight excluding hydrogens is 155 g/mol. The zero-order valence-electron chi connectivity index (χ0n) is 5.05. The van der Waals surface area contributed by atoms with Gasteiger partial charge in [0.15, 0.2) is 5.56 Å². The van der Waals surface area contributed by atoms with Crippen molar-refractivity contribution in [1.29, 1.82) is 0 Å². The van der Waals surface area contributed by atoms with Gasteiger partial charge in [-0.1, -0.05) is 29.8 Å². The molecule has 0 heterocycles. The molecule has 0 spiro atoms. The second kappa shape index (κ2) is 2.99. The van der Waals surface area contributed by atoms with E-state index in [0.29, 0.717) is 0 Å². The highest BCUT2D eigenvalue weighted by Crippen LogP contribution is 2.19. The number of halogens is 2. The third-order valence-corrected chi connectivity index (χ3v) is 1.38. The van der Waals surface area contributed by atoms with Crippen LogP contribution in [0.5, 0.6) is 0 Å². The molecule has 0 aliphatic rings. The third kappa shape index (κ3) is 1.46. The maximum atomic E-state index is 12.6. The zero-order chi connectivity index (χ0) is 7.56. The van der Waals surface area contributed by atoms with E-state index in [0.717, 1.165) is 0 Å². The van der Waals surface area contributed by atoms with Crippen molar-refractivity contribution in [3.8, 4) is 0 Å². The lowest BCUT2D eigenvalue weighted by Gasteiger charge is -1.99. The van der Waals surface area contributed by atoms with Crippen molar-refractivity contribution < 1.29 is 9.50 Å². The van der Waals surface area contributed by atoms with Gasteiger partial charge < -0.3 is 0 Å². The van der Waals surface area contributed by atoms with Gasteiger partial charge in [0.1, 0.15) is 5.82 Å². The minimum atomic E-state index is -1.50. The minimum Gasteiger partial charge on any atom is -0.210 e. The van der Waals surface area contributed by atoms with E-state index in [2.05, 4.69) is 0 Å². The highest BCUT2D eigenvalue weighted by Gasteiger charge is 2.08. The molecule has 1 nitrogen and oxygen atoms in total. The molecule has 3 heteroatoms. The largest absolute Gasteiger partial charge is 0.210 e. The van der Waals surface area contributed by atoms with Gasteiger partial charge in [-0.3, -0.25) is 0 Å². The Kier molecular flexibility index (Phi) is 2.25. The Labute approximate surface area is 63.1 Å².